The fraction of sp³-hybridized carbons (Fsp3) is 1.00. The van der Waals surface area contributed by atoms with E-state index in [1.165, 1.54) is 4.74 Å². The van der Waals surface area contributed by atoms with Crippen molar-refractivity contribution in [1.82, 2.24) is 0 Å². The zero-order valence-electron chi connectivity index (χ0n) is 11.8. The van der Waals surface area contributed by atoms with Crippen molar-refractivity contribution in [2.75, 3.05) is 0 Å². The van der Waals surface area contributed by atoms with Crippen LogP contribution in [0.5, 0.6) is 0 Å². The van der Waals surface area contributed by atoms with Gasteiger partial charge in [0, 0.05) is 6.92 Å². The maximum Gasteiger partial charge on any atom is 0.460 e. The molecule has 0 radical (unpaired) electrons. The smallest absolute Gasteiger partial charge is 0.245 e. The van der Waals surface area contributed by atoms with E-state index < -0.39 is 54.9 Å². The van der Waals surface area contributed by atoms with Crippen LogP contribution in [-0.2, 0) is 4.74 Å². The van der Waals surface area contributed by atoms with Crippen LogP contribution in [-0.4, -0.2) is 48.0 Å². The normalized spacial score (nSPS) is 16.7. The molecule has 0 spiro atoms. The molecule has 164 valence electrons. The predicted molar refractivity (Wildman–Crippen MR) is 47.4 cm³/mol. The number of alkyl halides is 17. The van der Waals surface area contributed by atoms with Crippen LogP contribution in [0.15, 0.2) is 0 Å². The molecule has 27 heavy (non-hydrogen) atoms. The fourth-order valence-electron chi connectivity index (χ4n) is 1.07. The van der Waals surface area contributed by atoms with Crippen LogP contribution in [0.3, 0.4) is 0 Å². The van der Waals surface area contributed by atoms with Crippen molar-refractivity contribution >= 4 is 0 Å². The maximum absolute atomic E-state index is 12.9. The molecule has 0 aliphatic rings. The summed E-state index contributed by atoms with van der Waals surface area (Å²) < 4.78 is 214. The molecule has 0 aromatic heterocycles. The molecule has 0 aliphatic carbocycles. The SMILES string of the molecule is CC(F)(F)C(F)(F)OC(F)(F)C(F)(F)C(F)(F)C(F)(F)C(F)(F)C(F)(F)F. The summed E-state index contributed by atoms with van der Waals surface area (Å²) in [6.07, 6.45) is -22.2. The molecule has 0 aromatic rings. The highest BCUT2D eigenvalue weighted by molar-refractivity contribution is 5.08. The van der Waals surface area contributed by atoms with Gasteiger partial charge in [-0.05, 0) is 0 Å². The summed E-state index contributed by atoms with van der Waals surface area (Å²) in [5, 5.41) is 0. The van der Waals surface area contributed by atoms with E-state index in [9.17, 15) is 74.6 Å². The quantitative estimate of drug-likeness (QED) is 0.436. The number of hydrogen-bond donors (Lipinski definition) is 0. The molecule has 0 fully saturated rings. The Morgan fingerprint density at radius 3 is 0.963 bits per heavy atom. The van der Waals surface area contributed by atoms with Crippen molar-refractivity contribution in [3.63, 3.8) is 0 Å². The molecule has 0 heterocycles. The standard InChI is InChI=1S/C9H3F17O/c1-2(10,11)8(23,24)27-9(25,26)6(18,19)4(14,15)3(12,13)5(16,17)7(20,21)22/h1H3. The van der Waals surface area contributed by atoms with Gasteiger partial charge in [-0.15, -0.1) is 0 Å². The van der Waals surface area contributed by atoms with Crippen molar-refractivity contribution in [2.45, 2.75) is 54.9 Å². The van der Waals surface area contributed by atoms with Gasteiger partial charge in [0.15, 0.2) is 0 Å². The minimum absolute atomic E-state index is 0.994. The third-order valence-electron chi connectivity index (χ3n) is 2.67. The number of rotatable bonds is 7. The van der Waals surface area contributed by atoms with Gasteiger partial charge in [0.25, 0.3) is 0 Å². The van der Waals surface area contributed by atoms with E-state index in [0.717, 1.165) is 0 Å². The zero-order valence-corrected chi connectivity index (χ0v) is 11.8. The van der Waals surface area contributed by atoms with Gasteiger partial charge in [0.2, 0.25) is 0 Å². The topological polar surface area (TPSA) is 9.23 Å². The summed E-state index contributed by atoms with van der Waals surface area (Å²) in [5.74, 6) is -39.0. The number of ether oxygens (including phenoxy) is 1. The Labute approximate surface area is 136 Å². The van der Waals surface area contributed by atoms with Gasteiger partial charge in [-0.3, -0.25) is 0 Å². The van der Waals surface area contributed by atoms with E-state index in [-0.39, 0.29) is 0 Å². The molecule has 0 amide bonds. The molecule has 0 bridgehead atoms. The molecule has 0 N–H and O–H groups in total. The van der Waals surface area contributed by atoms with E-state index in [1.807, 2.05) is 0 Å². The Hall–Kier alpha value is -1.23. The van der Waals surface area contributed by atoms with Crippen molar-refractivity contribution in [3.05, 3.63) is 0 Å². The van der Waals surface area contributed by atoms with Crippen molar-refractivity contribution < 1.29 is 79.4 Å². The first kappa shape index (κ1) is 25.8. The molecule has 0 saturated carbocycles. The lowest BCUT2D eigenvalue weighted by molar-refractivity contribution is -0.507. The summed E-state index contributed by atoms with van der Waals surface area (Å²) >= 11 is 0. The molecule has 18 heteroatoms. The Morgan fingerprint density at radius 2 is 0.704 bits per heavy atom. The average molecular weight is 450 g/mol. The molecule has 0 rings (SSSR count). The van der Waals surface area contributed by atoms with Gasteiger partial charge in [-0.1, -0.05) is 0 Å². The predicted octanol–water partition coefficient (Wildman–Crippen LogP) is 5.95. The second-order valence-corrected chi connectivity index (χ2v) is 4.82. The number of halogens is 17. The lowest BCUT2D eigenvalue weighted by Crippen LogP contribution is -2.71. The molecular weight excluding hydrogens is 447 g/mol. The highest BCUT2D eigenvalue weighted by Crippen LogP contribution is 2.61. The third-order valence-corrected chi connectivity index (χ3v) is 2.67. The van der Waals surface area contributed by atoms with Crippen molar-refractivity contribution in [3.8, 4) is 0 Å². The maximum atomic E-state index is 12.9. The second-order valence-electron chi connectivity index (χ2n) is 4.82. The summed E-state index contributed by atoms with van der Waals surface area (Å²) in [7, 11) is 0. The summed E-state index contributed by atoms with van der Waals surface area (Å²) in [6, 6.07) is 0. The van der Waals surface area contributed by atoms with E-state index in [1.54, 1.807) is 0 Å². The fourth-order valence-corrected chi connectivity index (χ4v) is 1.07. The molecule has 0 atom stereocenters. The van der Waals surface area contributed by atoms with Crippen LogP contribution in [0.25, 0.3) is 0 Å². The minimum atomic E-state index is -8.43. The van der Waals surface area contributed by atoms with Gasteiger partial charge in [-0.25, -0.2) is 4.74 Å². The van der Waals surface area contributed by atoms with Crippen molar-refractivity contribution in [2.24, 2.45) is 0 Å². The molecule has 0 saturated heterocycles. The highest BCUT2D eigenvalue weighted by atomic mass is 19.4. The Morgan fingerprint density at radius 1 is 0.407 bits per heavy atom. The lowest BCUT2D eigenvalue weighted by atomic mass is 9.97. The Bertz CT molecular complexity index is 538. The van der Waals surface area contributed by atoms with Crippen LogP contribution < -0.4 is 0 Å². The van der Waals surface area contributed by atoms with Gasteiger partial charge < -0.3 is 0 Å². The van der Waals surface area contributed by atoms with E-state index in [0.29, 0.717) is 0 Å². The van der Waals surface area contributed by atoms with E-state index >= 15 is 0 Å². The summed E-state index contributed by atoms with van der Waals surface area (Å²) in [6.45, 7) is -0.994. The highest BCUT2D eigenvalue weighted by Gasteiger charge is 2.92. The van der Waals surface area contributed by atoms with E-state index in [2.05, 4.69) is 0 Å². The monoisotopic (exact) mass is 450 g/mol. The summed E-state index contributed by atoms with van der Waals surface area (Å²) in [5.41, 5.74) is 0. The molecule has 0 aromatic carbocycles. The van der Waals surface area contributed by atoms with Crippen LogP contribution >= 0.6 is 0 Å². The average Bonchev–Trinajstić information content (AvgIpc) is 2.33. The Kier molecular flexibility index (Phi) is 5.85. The molecular formula is C9H3F17O. The van der Waals surface area contributed by atoms with Crippen LogP contribution in [0.4, 0.5) is 74.6 Å². The molecule has 0 aliphatic heterocycles. The first-order valence-corrected chi connectivity index (χ1v) is 5.62. The second kappa shape index (κ2) is 6.13. The Balaban J connectivity index is 6.32. The third kappa shape index (κ3) is 3.72. The molecule has 0 unspecified atom stereocenters. The van der Waals surface area contributed by atoms with Gasteiger partial charge in [0.05, 0.1) is 0 Å². The van der Waals surface area contributed by atoms with Crippen LogP contribution in [0.1, 0.15) is 6.92 Å². The van der Waals surface area contributed by atoms with Crippen molar-refractivity contribution in [1.29, 1.82) is 0 Å². The zero-order chi connectivity index (χ0) is 22.7. The number of hydrogen-bond acceptors (Lipinski definition) is 1. The molecule has 1 nitrogen and oxygen atoms in total. The van der Waals surface area contributed by atoms with Crippen LogP contribution in [0.2, 0.25) is 0 Å². The van der Waals surface area contributed by atoms with Gasteiger partial charge >= 0.3 is 48.0 Å². The van der Waals surface area contributed by atoms with Gasteiger partial charge in [0.1, 0.15) is 0 Å². The largest absolute Gasteiger partial charge is 0.460 e. The minimum Gasteiger partial charge on any atom is -0.245 e. The summed E-state index contributed by atoms with van der Waals surface area (Å²) in [4.78, 5) is 0. The van der Waals surface area contributed by atoms with E-state index in [4.69, 9.17) is 0 Å². The van der Waals surface area contributed by atoms with Crippen LogP contribution in [0, 0.1) is 0 Å². The van der Waals surface area contributed by atoms with Gasteiger partial charge in [-0.2, -0.15) is 74.6 Å². The first-order chi connectivity index (χ1) is 11.2. The lowest BCUT2D eigenvalue weighted by Gasteiger charge is -2.40. The first-order valence-electron chi connectivity index (χ1n) is 5.62.